The molecule has 3 rings (SSSR count). The maximum atomic E-state index is 11.9. The van der Waals surface area contributed by atoms with Gasteiger partial charge in [-0.3, -0.25) is 9.78 Å². The van der Waals surface area contributed by atoms with Crippen molar-refractivity contribution in [2.45, 2.75) is 13.5 Å². The highest BCUT2D eigenvalue weighted by molar-refractivity contribution is 5.96. The number of hydrogen-bond donors (Lipinski definition) is 1. The Morgan fingerprint density at radius 1 is 1.23 bits per heavy atom. The quantitative estimate of drug-likeness (QED) is 0.748. The molecule has 6 nitrogen and oxygen atoms in total. The number of nitrogens with zero attached hydrogens (tertiary/aromatic N) is 4. The molecule has 1 amide bonds. The second-order valence-corrected chi connectivity index (χ2v) is 4.65. The number of aromatic hydroxyl groups is 1. The van der Waals surface area contributed by atoms with Crippen LogP contribution in [0.4, 0.5) is 5.69 Å². The highest BCUT2D eigenvalue weighted by Gasteiger charge is 2.15. The van der Waals surface area contributed by atoms with Crippen LogP contribution in [0, 0.1) is 0 Å². The Balaban J connectivity index is 2.02. The van der Waals surface area contributed by atoms with E-state index in [1.165, 1.54) is 6.20 Å². The van der Waals surface area contributed by atoms with Crippen LogP contribution in [0.1, 0.15) is 17.4 Å². The van der Waals surface area contributed by atoms with Gasteiger partial charge >= 0.3 is 5.91 Å². The zero-order valence-corrected chi connectivity index (χ0v) is 12.0. The first-order valence-electron chi connectivity index (χ1n) is 6.89. The van der Waals surface area contributed by atoms with Gasteiger partial charge in [0.2, 0.25) is 5.88 Å². The minimum Gasteiger partial charge on any atom is -0.493 e. The van der Waals surface area contributed by atoms with Gasteiger partial charge < -0.3 is 9.67 Å². The maximum absolute atomic E-state index is 11.9. The van der Waals surface area contributed by atoms with Crippen LogP contribution in [0.2, 0.25) is 0 Å². The van der Waals surface area contributed by atoms with Crippen molar-refractivity contribution >= 4 is 22.5 Å². The van der Waals surface area contributed by atoms with E-state index in [9.17, 15) is 9.90 Å². The van der Waals surface area contributed by atoms with E-state index in [-0.39, 0.29) is 11.6 Å². The number of benzene rings is 1. The minimum atomic E-state index is -0.548. The Labute approximate surface area is 126 Å². The van der Waals surface area contributed by atoms with Crippen LogP contribution in [-0.4, -0.2) is 20.6 Å². The summed E-state index contributed by atoms with van der Waals surface area (Å²) in [6, 6.07) is 12.4. The largest absolute Gasteiger partial charge is 0.493 e. The van der Waals surface area contributed by atoms with Gasteiger partial charge in [-0.25, -0.2) is 0 Å². The molecular weight excluding hydrogens is 280 g/mol. The molecule has 0 fully saturated rings. The normalized spacial score (nSPS) is 11.3. The van der Waals surface area contributed by atoms with Gasteiger partial charge in [0.15, 0.2) is 5.69 Å². The van der Waals surface area contributed by atoms with E-state index >= 15 is 0 Å². The molecule has 2 aromatic heterocycles. The standard InChI is InChI=1S/C16H14N4O2/c1-2-20-13-9-4-3-7-11(13)14(16(20)22)18-19-15(21)12-8-5-6-10-17-12/h3-10,22H,2H2,1H3. The monoisotopic (exact) mass is 294 g/mol. The predicted octanol–water partition coefficient (Wildman–Crippen LogP) is 3.69. The topological polar surface area (TPSA) is 79.8 Å². The van der Waals surface area contributed by atoms with E-state index < -0.39 is 5.91 Å². The average Bonchev–Trinajstić information content (AvgIpc) is 2.84. The molecule has 0 saturated carbocycles. The molecule has 0 unspecified atom stereocenters. The molecule has 0 saturated heterocycles. The van der Waals surface area contributed by atoms with Crippen molar-refractivity contribution in [1.29, 1.82) is 0 Å². The molecule has 0 radical (unpaired) electrons. The molecule has 2 heterocycles. The van der Waals surface area contributed by atoms with Gasteiger partial charge in [-0.05, 0) is 25.1 Å². The van der Waals surface area contributed by atoms with Crippen LogP contribution in [0.5, 0.6) is 5.88 Å². The van der Waals surface area contributed by atoms with E-state index in [0.29, 0.717) is 12.2 Å². The SMILES string of the molecule is CCn1c(O)c(N=NC(=O)c2ccccn2)c2ccccc21. The Bertz CT molecular complexity index is 853. The van der Waals surface area contributed by atoms with Crippen LogP contribution in [0.25, 0.3) is 10.9 Å². The molecule has 6 heteroatoms. The van der Waals surface area contributed by atoms with Gasteiger partial charge in [-0.15, -0.1) is 10.2 Å². The fraction of sp³-hybridized carbons (Fsp3) is 0.125. The van der Waals surface area contributed by atoms with E-state index in [1.54, 1.807) is 22.8 Å². The van der Waals surface area contributed by atoms with E-state index in [2.05, 4.69) is 15.2 Å². The summed E-state index contributed by atoms with van der Waals surface area (Å²) in [5.41, 5.74) is 1.36. The fourth-order valence-corrected chi connectivity index (χ4v) is 2.33. The Kier molecular flexibility index (Phi) is 3.65. The van der Waals surface area contributed by atoms with Crippen LogP contribution < -0.4 is 0 Å². The third-order valence-corrected chi connectivity index (χ3v) is 3.36. The van der Waals surface area contributed by atoms with E-state index in [1.807, 2.05) is 31.2 Å². The second kappa shape index (κ2) is 5.77. The predicted molar refractivity (Wildman–Crippen MR) is 82.4 cm³/mol. The van der Waals surface area contributed by atoms with Crippen molar-refractivity contribution in [3.8, 4) is 5.88 Å². The first kappa shape index (κ1) is 13.9. The van der Waals surface area contributed by atoms with Gasteiger partial charge in [-0.1, -0.05) is 24.3 Å². The summed E-state index contributed by atoms with van der Waals surface area (Å²) in [6.45, 7) is 2.52. The molecule has 0 bridgehead atoms. The van der Waals surface area contributed by atoms with Crippen molar-refractivity contribution in [2.75, 3.05) is 0 Å². The fourth-order valence-electron chi connectivity index (χ4n) is 2.33. The first-order valence-corrected chi connectivity index (χ1v) is 6.89. The van der Waals surface area contributed by atoms with Gasteiger partial charge in [0.1, 0.15) is 5.69 Å². The smallest absolute Gasteiger partial charge is 0.313 e. The summed E-state index contributed by atoms with van der Waals surface area (Å²) in [4.78, 5) is 15.9. The lowest BCUT2D eigenvalue weighted by Crippen LogP contribution is -1.96. The third kappa shape index (κ3) is 2.35. The molecule has 1 N–H and O–H groups in total. The number of para-hydroxylation sites is 1. The molecule has 0 aliphatic carbocycles. The first-order chi connectivity index (χ1) is 10.7. The number of fused-ring (bicyclic) bond motifs is 1. The van der Waals surface area contributed by atoms with Gasteiger partial charge in [0.25, 0.3) is 0 Å². The van der Waals surface area contributed by atoms with Gasteiger partial charge in [0.05, 0.1) is 5.52 Å². The lowest BCUT2D eigenvalue weighted by Gasteiger charge is -2.00. The van der Waals surface area contributed by atoms with Crippen LogP contribution in [0.3, 0.4) is 0 Å². The summed E-state index contributed by atoms with van der Waals surface area (Å²) >= 11 is 0. The van der Waals surface area contributed by atoms with Gasteiger partial charge in [-0.2, -0.15) is 0 Å². The van der Waals surface area contributed by atoms with Gasteiger partial charge in [0, 0.05) is 18.1 Å². The highest BCUT2D eigenvalue weighted by atomic mass is 16.3. The van der Waals surface area contributed by atoms with Crippen molar-refractivity contribution in [2.24, 2.45) is 10.2 Å². The van der Waals surface area contributed by atoms with Crippen molar-refractivity contribution in [3.05, 3.63) is 54.4 Å². The molecule has 22 heavy (non-hydrogen) atoms. The third-order valence-electron chi connectivity index (χ3n) is 3.36. The minimum absolute atomic E-state index is 0.00118. The van der Waals surface area contributed by atoms with Crippen molar-refractivity contribution in [1.82, 2.24) is 9.55 Å². The van der Waals surface area contributed by atoms with E-state index in [0.717, 1.165) is 10.9 Å². The lowest BCUT2D eigenvalue weighted by atomic mass is 10.2. The number of amides is 1. The highest BCUT2D eigenvalue weighted by Crippen LogP contribution is 2.38. The number of carbonyl (C=O) groups excluding carboxylic acids is 1. The number of carbonyl (C=O) groups is 1. The summed E-state index contributed by atoms with van der Waals surface area (Å²) in [5, 5.41) is 18.6. The number of aryl methyl sites for hydroxylation is 1. The molecule has 1 aromatic carbocycles. The molecule has 3 aromatic rings. The Hall–Kier alpha value is -3.02. The summed E-state index contributed by atoms with van der Waals surface area (Å²) in [6.07, 6.45) is 1.52. The second-order valence-electron chi connectivity index (χ2n) is 4.65. The molecule has 110 valence electrons. The maximum Gasteiger partial charge on any atom is 0.313 e. The Morgan fingerprint density at radius 2 is 2.00 bits per heavy atom. The molecule has 0 aliphatic heterocycles. The number of pyridine rings is 1. The van der Waals surface area contributed by atoms with E-state index in [4.69, 9.17) is 0 Å². The molecule has 0 spiro atoms. The zero-order chi connectivity index (χ0) is 15.5. The lowest BCUT2D eigenvalue weighted by molar-refractivity contribution is 0.0990. The summed E-state index contributed by atoms with van der Waals surface area (Å²) < 4.78 is 1.72. The zero-order valence-electron chi connectivity index (χ0n) is 12.0. The van der Waals surface area contributed by atoms with Crippen molar-refractivity contribution in [3.63, 3.8) is 0 Å². The molecular formula is C16H14N4O2. The average molecular weight is 294 g/mol. The number of aromatic nitrogens is 2. The van der Waals surface area contributed by atoms with Crippen LogP contribution >= 0.6 is 0 Å². The Morgan fingerprint density at radius 3 is 2.73 bits per heavy atom. The summed E-state index contributed by atoms with van der Waals surface area (Å²) in [5.74, 6) is -0.547. The molecule has 0 aliphatic rings. The number of azo groups is 1. The summed E-state index contributed by atoms with van der Waals surface area (Å²) in [7, 11) is 0. The van der Waals surface area contributed by atoms with Crippen LogP contribution in [0.15, 0.2) is 58.9 Å². The number of rotatable bonds is 3. The van der Waals surface area contributed by atoms with Crippen LogP contribution in [-0.2, 0) is 6.54 Å². The number of hydrogen-bond acceptors (Lipinski definition) is 4. The van der Waals surface area contributed by atoms with Crippen molar-refractivity contribution < 1.29 is 9.90 Å². The molecule has 0 atom stereocenters.